The summed E-state index contributed by atoms with van der Waals surface area (Å²) in [5, 5.41) is 0. The predicted molar refractivity (Wildman–Crippen MR) is 70.5 cm³/mol. The predicted octanol–water partition coefficient (Wildman–Crippen LogP) is 2.00. The van der Waals surface area contributed by atoms with Crippen LogP contribution in [-0.2, 0) is 0 Å². The molecule has 0 aliphatic rings. The van der Waals surface area contributed by atoms with Crippen LogP contribution in [-0.4, -0.2) is 33.4 Å². The van der Waals surface area contributed by atoms with Crippen LogP contribution in [0.4, 0.5) is 10.1 Å². The zero-order valence-corrected chi connectivity index (χ0v) is 10.6. The molecule has 3 rings (SSSR count). The Labute approximate surface area is 109 Å². The molecule has 0 aliphatic heterocycles. The van der Waals surface area contributed by atoms with Crippen molar-refractivity contribution in [3.8, 4) is 11.4 Å². The third kappa shape index (κ3) is 2.01. The van der Waals surface area contributed by atoms with Crippen molar-refractivity contribution < 1.29 is 4.39 Å². The molecule has 0 spiro atoms. The minimum atomic E-state index is -0.319. The largest absolute Gasteiger partial charge is 0.374 e. The zero-order valence-electron chi connectivity index (χ0n) is 10.6. The van der Waals surface area contributed by atoms with Crippen molar-refractivity contribution in [2.45, 2.75) is 0 Å². The molecule has 0 aromatic carbocycles. The van der Waals surface area contributed by atoms with Crippen molar-refractivity contribution >= 4 is 11.5 Å². The Kier molecular flexibility index (Phi) is 2.63. The molecule has 0 aliphatic carbocycles. The van der Waals surface area contributed by atoms with Gasteiger partial charge < -0.3 is 4.90 Å². The van der Waals surface area contributed by atoms with E-state index in [1.807, 2.05) is 12.3 Å². The van der Waals surface area contributed by atoms with Gasteiger partial charge in [0.15, 0.2) is 0 Å². The Morgan fingerprint density at radius 1 is 1.21 bits per heavy atom. The summed E-state index contributed by atoms with van der Waals surface area (Å²) in [5.41, 5.74) is 1.54. The van der Waals surface area contributed by atoms with Crippen molar-refractivity contribution in [3.05, 3.63) is 42.7 Å². The molecule has 0 saturated heterocycles. The standard InChI is InChI=1S/C13H12FN5/c1-18(2)12-7-16-10(6-9(12)14)11-8-19-5-3-4-15-13(19)17-11/h3-8H,1-2H3. The first-order valence-electron chi connectivity index (χ1n) is 5.78. The SMILES string of the molecule is CN(C)c1cnc(-c2cn3cccnc3n2)cc1F. The maximum Gasteiger partial charge on any atom is 0.234 e. The van der Waals surface area contributed by atoms with Crippen LogP contribution in [0.25, 0.3) is 17.2 Å². The van der Waals surface area contributed by atoms with E-state index in [1.54, 1.807) is 35.8 Å². The van der Waals surface area contributed by atoms with Gasteiger partial charge >= 0.3 is 0 Å². The Balaban J connectivity index is 2.09. The summed E-state index contributed by atoms with van der Waals surface area (Å²) in [4.78, 5) is 14.3. The lowest BCUT2D eigenvalue weighted by Crippen LogP contribution is -2.11. The third-order valence-electron chi connectivity index (χ3n) is 2.81. The van der Waals surface area contributed by atoms with Crippen LogP contribution < -0.4 is 4.90 Å². The molecule has 6 heteroatoms. The number of nitrogens with zero attached hydrogens (tertiary/aromatic N) is 5. The van der Waals surface area contributed by atoms with Crippen LogP contribution >= 0.6 is 0 Å². The van der Waals surface area contributed by atoms with E-state index in [1.165, 1.54) is 12.3 Å². The molecule has 0 N–H and O–H groups in total. The van der Waals surface area contributed by atoms with Gasteiger partial charge in [0.1, 0.15) is 11.5 Å². The van der Waals surface area contributed by atoms with Gasteiger partial charge in [0.05, 0.1) is 17.6 Å². The van der Waals surface area contributed by atoms with Gasteiger partial charge in [0, 0.05) is 38.8 Å². The fourth-order valence-corrected chi connectivity index (χ4v) is 1.85. The van der Waals surface area contributed by atoms with E-state index in [0.29, 0.717) is 22.9 Å². The molecule has 0 unspecified atom stereocenters. The van der Waals surface area contributed by atoms with E-state index in [2.05, 4.69) is 15.0 Å². The Morgan fingerprint density at radius 3 is 2.74 bits per heavy atom. The minimum absolute atomic E-state index is 0.319. The highest BCUT2D eigenvalue weighted by molar-refractivity contribution is 5.60. The summed E-state index contributed by atoms with van der Waals surface area (Å²) >= 11 is 0. The van der Waals surface area contributed by atoms with Crippen molar-refractivity contribution in [2.75, 3.05) is 19.0 Å². The third-order valence-corrected chi connectivity index (χ3v) is 2.81. The van der Waals surface area contributed by atoms with E-state index < -0.39 is 0 Å². The van der Waals surface area contributed by atoms with Gasteiger partial charge in [-0.25, -0.2) is 14.4 Å². The van der Waals surface area contributed by atoms with E-state index >= 15 is 0 Å². The maximum atomic E-state index is 13.9. The molecule has 3 heterocycles. The van der Waals surface area contributed by atoms with Crippen LogP contribution in [0.15, 0.2) is 36.9 Å². The van der Waals surface area contributed by atoms with Crippen molar-refractivity contribution in [1.29, 1.82) is 0 Å². The summed E-state index contributed by atoms with van der Waals surface area (Å²) < 4.78 is 15.7. The molecule has 0 amide bonds. The highest BCUT2D eigenvalue weighted by atomic mass is 19.1. The van der Waals surface area contributed by atoms with E-state index in [-0.39, 0.29) is 5.82 Å². The van der Waals surface area contributed by atoms with Crippen LogP contribution in [0.1, 0.15) is 0 Å². The lowest BCUT2D eigenvalue weighted by atomic mass is 10.2. The van der Waals surface area contributed by atoms with Gasteiger partial charge in [-0.3, -0.25) is 9.38 Å². The highest BCUT2D eigenvalue weighted by Crippen LogP contribution is 2.22. The quantitative estimate of drug-likeness (QED) is 0.704. The number of pyridine rings is 1. The number of anilines is 1. The molecule has 0 atom stereocenters. The van der Waals surface area contributed by atoms with E-state index in [4.69, 9.17) is 0 Å². The Morgan fingerprint density at radius 2 is 2.05 bits per heavy atom. The second-order valence-corrected chi connectivity index (χ2v) is 4.37. The topological polar surface area (TPSA) is 46.3 Å². The van der Waals surface area contributed by atoms with Crippen molar-refractivity contribution in [2.24, 2.45) is 0 Å². The van der Waals surface area contributed by atoms with Gasteiger partial charge in [-0.05, 0) is 6.07 Å². The number of halogens is 1. The number of imidazole rings is 1. The molecule has 0 fully saturated rings. The molecule has 96 valence electrons. The molecule has 3 aromatic heterocycles. The van der Waals surface area contributed by atoms with E-state index in [9.17, 15) is 4.39 Å². The van der Waals surface area contributed by atoms with Crippen LogP contribution in [0.5, 0.6) is 0 Å². The molecule has 0 bridgehead atoms. The fourth-order valence-electron chi connectivity index (χ4n) is 1.85. The molecular weight excluding hydrogens is 245 g/mol. The number of hydrogen-bond acceptors (Lipinski definition) is 4. The average Bonchev–Trinajstić information content (AvgIpc) is 2.81. The van der Waals surface area contributed by atoms with Gasteiger partial charge in [0.2, 0.25) is 5.78 Å². The molecule has 0 saturated carbocycles. The number of hydrogen-bond donors (Lipinski definition) is 0. The summed E-state index contributed by atoms with van der Waals surface area (Å²) in [7, 11) is 3.54. The van der Waals surface area contributed by atoms with Gasteiger partial charge in [-0.1, -0.05) is 0 Å². The molecule has 0 radical (unpaired) electrons. The van der Waals surface area contributed by atoms with Crippen LogP contribution in [0.3, 0.4) is 0 Å². The second-order valence-electron chi connectivity index (χ2n) is 4.37. The molecule has 3 aromatic rings. The first kappa shape index (κ1) is 11.6. The number of fused-ring (bicyclic) bond motifs is 1. The monoisotopic (exact) mass is 257 g/mol. The van der Waals surface area contributed by atoms with Gasteiger partial charge in [-0.15, -0.1) is 0 Å². The lowest BCUT2D eigenvalue weighted by Gasteiger charge is -2.12. The zero-order chi connectivity index (χ0) is 13.4. The number of aromatic nitrogens is 4. The summed E-state index contributed by atoms with van der Waals surface area (Å²) in [6.07, 6.45) is 6.78. The normalized spacial score (nSPS) is 10.9. The molecule has 19 heavy (non-hydrogen) atoms. The maximum absolute atomic E-state index is 13.9. The first-order chi connectivity index (χ1) is 9.15. The van der Waals surface area contributed by atoms with Crippen LogP contribution in [0, 0.1) is 5.82 Å². The smallest absolute Gasteiger partial charge is 0.234 e. The summed E-state index contributed by atoms with van der Waals surface area (Å²) in [6.45, 7) is 0. The molecule has 5 nitrogen and oxygen atoms in total. The summed E-state index contributed by atoms with van der Waals surface area (Å²) in [6, 6.07) is 3.19. The van der Waals surface area contributed by atoms with Crippen molar-refractivity contribution in [3.63, 3.8) is 0 Å². The Hall–Kier alpha value is -2.50. The van der Waals surface area contributed by atoms with Crippen molar-refractivity contribution in [1.82, 2.24) is 19.4 Å². The highest BCUT2D eigenvalue weighted by Gasteiger charge is 2.11. The van der Waals surface area contributed by atoms with Gasteiger partial charge in [-0.2, -0.15) is 0 Å². The number of rotatable bonds is 2. The minimum Gasteiger partial charge on any atom is -0.374 e. The Bertz CT molecular complexity index is 702. The fraction of sp³-hybridized carbons (Fsp3) is 0.154. The second kappa shape index (κ2) is 4.31. The lowest BCUT2D eigenvalue weighted by molar-refractivity contribution is 0.624. The average molecular weight is 257 g/mol. The van der Waals surface area contributed by atoms with Gasteiger partial charge in [0.25, 0.3) is 0 Å². The first-order valence-corrected chi connectivity index (χ1v) is 5.78. The van der Waals surface area contributed by atoms with Crippen LogP contribution in [0.2, 0.25) is 0 Å². The summed E-state index contributed by atoms with van der Waals surface area (Å²) in [5.74, 6) is 0.247. The molecular formula is C13H12FN5. The van der Waals surface area contributed by atoms with E-state index in [0.717, 1.165) is 0 Å².